The fourth-order valence-corrected chi connectivity index (χ4v) is 3.78. The molecular formula is C26H21ClFN7O7. The maximum Gasteiger partial charge on any atom is 0.356 e. The summed E-state index contributed by atoms with van der Waals surface area (Å²) in [5, 5.41) is 10.6. The van der Waals surface area contributed by atoms with Crippen LogP contribution in [-0.4, -0.2) is 74.3 Å². The second-order valence-corrected chi connectivity index (χ2v) is 8.57. The van der Waals surface area contributed by atoms with Crippen LogP contribution in [0.2, 0.25) is 5.02 Å². The number of hydrogen-bond donors (Lipinski definition) is 1. The lowest BCUT2D eigenvalue weighted by Crippen LogP contribution is -2.26. The largest absolute Gasteiger partial charge is 0.464 e. The molecule has 16 heteroatoms. The molecule has 1 amide bonds. The summed E-state index contributed by atoms with van der Waals surface area (Å²) < 4.78 is 29.6. The minimum atomic E-state index is -0.664. The quantitative estimate of drug-likeness (QED) is 0.225. The van der Waals surface area contributed by atoms with E-state index in [-0.39, 0.29) is 34.3 Å². The predicted octanol–water partition coefficient (Wildman–Crippen LogP) is 2.54. The van der Waals surface area contributed by atoms with Crippen molar-refractivity contribution in [3.05, 3.63) is 94.0 Å². The lowest BCUT2D eigenvalue weighted by atomic mass is 10.2. The van der Waals surface area contributed by atoms with Crippen LogP contribution in [0.5, 0.6) is 0 Å². The summed E-state index contributed by atoms with van der Waals surface area (Å²) in [7, 11) is 3.71. The Morgan fingerprint density at radius 3 is 1.83 bits per heavy atom. The molecule has 4 heterocycles. The Bertz CT molecular complexity index is 1820. The third kappa shape index (κ3) is 6.31. The molecule has 0 unspecified atom stereocenters. The molecule has 42 heavy (non-hydrogen) atoms. The van der Waals surface area contributed by atoms with Gasteiger partial charge in [0.25, 0.3) is 5.91 Å². The number of benzene rings is 1. The molecule has 216 valence electrons. The van der Waals surface area contributed by atoms with Crippen molar-refractivity contribution in [1.29, 1.82) is 0 Å². The first-order valence-electron chi connectivity index (χ1n) is 11.8. The Balaban J connectivity index is 0.000000208. The zero-order chi connectivity index (χ0) is 30.4. The number of nitrogens with zero attached hydrogens (tertiary/aromatic N) is 6. The van der Waals surface area contributed by atoms with Gasteiger partial charge < -0.3 is 19.5 Å². The van der Waals surface area contributed by atoms with Gasteiger partial charge in [0.2, 0.25) is 0 Å². The van der Waals surface area contributed by atoms with Crippen LogP contribution < -0.4 is 5.32 Å². The van der Waals surface area contributed by atoms with Gasteiger partial charge in [-0.05, 0) is 17.7 Å². The maximum absolute atomic E-state index is 13.2. The van der Waals surface area contributed by atoms with Crippen molar-refractivity contribution in [1.82, 2.24) is 34.5 Å². The molecule has 0 bridgehead atoms. The number of amides is 1. The molecule has 1 N–H and O–H groups in total. The van der Waals surface area contributed by atoms with Crippen LogP contribution >= 0.6 is 11.6 Å². The Kier molecular flexibility index (Phi) is 9.02. The van der Waals surface area contributed by atoms with Gasteiger partial charge in [-0.1, -0.05) is 17.7 Å². The summed E-state index contributed by atoms with van der Waals surface area (Å²) in [5.74, 6) is -2.92. The molecule has 0 atom stereocenters. The van der Waals surface area contributed by atoms with E-state index in [4.69, 9.17) is 11.6 Å². The zero-order valence-corrected chi connectivity index (χ0v) is 23.0. The molecule has 0 spiro atoms. The SMILES string of the molecule is COC(=O)c1cc(C(=O)NCc2ccc(F)c(Cl)c2)n2nccc2n1.COC(=O)c1cc(C(=O)OC)n2nccc2n1. The predicted molar refractivity (Wildman–Crippen MR) is 143 cm³/mol. The summed E-state index contributed by atoms with van der Waals surface area (Å²) in [6.45, 7) is 0.122. The number of aromatic nitrogens is 6. The standard InChI is InChI=1S/C16H12ClFN4O3.C10H9N3O4/c1-25-16(24)12-7-13(22-14(21-12)4-5-20-22)15(23)19-8-9-2-3-11(18)10(17)6-9;1-16-9(14)6-5-7(10(15)17-2)13-8(12-6)3-4-11-13/h2-7H,8H2,1H3,(H,19,23);3-5H,1-2H3. The van der Waals surface area contributed by atoms with E-state index < -0.39 is 29.6 Å². The first-order chi connectivity index (χ1) is 20.2. The summed E-state index contributed by atoms with van der Waals surface area (Å²) in [4.78, 5) is 55.2. The monoisotopic (exact) mass is 597 g/mol. The van der Waals surface area contributed by atoms with Gasteiger partial charge in [0.05, 0.1) is 38.7 Å². The highest BCUT2D eigenvalue weighted by Gasteiger charge is 2.19. The zero-order valence-electron chi connectivity index (χ0n) is 22.2. The number of hydrogen-bond acceptors (Lipinski definition) is 11. The topological polar surface area (TPSA) is 168 Å². The number of carbonyl (C=O) groups is 4. The minimum Gasteiger partial charge on any atom is -0.464 e. The van der Waals surface area contributed by atoms with Gasteiger partial charge in [-0.3, -0.25) is 4.79 Å². The molecule has 1 aromatic carbocycles. The van der Waals surface area contributed by atoms with E-state index in [2.05, 4.69) is 39.7 Å². The van der Waals surface area contributed by atoms with Gasteiger partial charge in [0.1, 0.15) is 11.5 Å². The minimum absolute atomic E-state index is 0.00882. The molecule has 0 aliphatic heterocycles. The summed E-state index contributed by atoms with van der Waals surface area (Å²) in [5.41, 5.74) is 1.57. The number of rotatable bonds is 6. The Morgan fingerprint density at radius 1 is 0.786 bits per heavy atom. The molecule has 5 aromatic rings. The van der Waals surface area contributed by atoms with Gasteiger partial charge >= 0.3 is 17.9 Å². The van der Waals surface area contributed by atoms with Crippen LogP contribution in [0.3, 0.4) is 0 Å². The van der Waals surface area contributed by atoms with Crippen LogP contribution in [0, 0.1) is 5.82 Å². The van der Waals surface area contributed by atoms with E-state index in [1.54, 1.807) is 12.1 Å². The van der Waals surface area contributed by atoms with Crippen molar-refractivity contribution in [3.63, 3.8) is 0 Å². The average Bonchev–Trinajstić information content (AvgIpc) is 3.69. The summed E-state index contributed by atoms with van der Waals surface area (Å²) in [6.07, 6.45) is 2.93. The number of esters is 3. The summed E-state index contributed by atoms with van der Waals surface area (Å²) in [6, 6.07) is 9.85. The third-order valence-corrected chi connectivity index (χ3v) is 5.86. The second kappa shape index (κ2) is 12.8. The molecule has 0 saturated carbocycles. The van der Waals surface area contributed by atoms with Crippen molar-refractivity contribution in [2.45, 2.75) is 6.54 Å². The highest BCUT2D eigenvalue weighted by Crippen LogP contribution is 2.16. The number of fused-ring (bicyclic) bond motifs is 2. The van der Waals surface area contributed by atoms with Crippen molar-refractivity contribution >= 4 is 46.7 Å². The molecule has 14 nitrogen and oxygen atoms in total. The van der Waals surface area contributed by atoms with Crippen molar-refractivity contribution in [3.8, 4) is 0 Å². The Morgan fingerprint density at radius 2 is 1.31 bits per heavy atom. The number of methoxy groups -OCH3 is 3. The average molecular weight is 598 g/mol. The van der Waals surface area contributed by atoms with E-state index in [0.29, 0.717) is 16.9 Å². The highest BCUT2D eigenvalue weighted by molar-refractivity contribution is 6.30. The fraction of sp³-hybridized carbons (Fsp3) is 0.154. The van der Waals surface area contributed by atoms with Gasteiger partial charge in [0.15, 0.2) is 28.4 Å². The van der Waals surface area contributed by atoms with E-state index in [9.17, 15) is 23.6 Å². The smallest absolute Gasteiger partial charge is 0.356 e. The number of carbonyl (C=O) groups excluding carboxylic acids is 4. The van der Waals surface area contributed by atoms with Crippen molar-refractivity contribution < 1.29 is 37.8 Å². The van der Waals surface area contributed by atoms with Crippen molar-refractivity contribution in [2.75, 3.05) is 21.3 Å². The molecule has 0 radical (unpaired) electrons. The van der Waals surface area contributed by atoms with E-state index in [1.165, 1.54) is 73.1 Å². The Labute approximate surface area is 241 Å². The molecule has 5 rings (SSSR count). The van der Waals surface area contributed by atoms with Crippen LogP contribution in [0.4, 0.5) is 4.39 Å². The van der Waals surface area contributed by atoms with Gasteiger partial charge in [-0.25, -0.2) is 37.8 Å². The molecule has 0 aliphatic carbocycles. The van der Waals surface area contributed by atoms with E-state index >= 15 is 0 Å². The first kappa shape index (κ1) is 29.5. The maximum atomic E-state index is 13.2. The molecular weight excluding hydrogens is 577 g/mol. The van der Waals surface area contributed by atoms with Gasteiger partial charge in [0, 0.05) is 30.8 Å². The highest BCUT2D eigenvalue weighted by atomic mass is 35.5. The van der Waals surface area contributed by atoms with Crippen LogP contribution in [-0.2, 0) is 20.8 Å². The van der Waals surface area contributed by atoms with Crippen molar-refractivity contribution in [2.24, 2.45) is 0 Å². The summed E-state index contributed by atoms with van der Waals surface area (Å²) >= 11 is 5.72. The lowest BCUT2D eigenvalue weighted by Gasteiger charge is -2.09. The fourth-order valence-electron chi connectivity index (χ4n) is 3.58. The Hall–Kier alpha value is -5.44. The normalized spacial score (nSPS) is 10.5. The number of halogens is 2. The van der Waals surface area contributed by atoms with Crippen LogP contribution in [0.25, 0.3) is 11.3 Å². The third-order valence-electron chi connectivity index (χ3n) is 5.57. The molecule has 4 aromatic heterocycles. The molecule has 0 aliphatic rings. The van der Waals surface area contributed by atoms with E-state index in [0.717, 1.165) is 0 Å². The lowest BCUT2D eigenvalue weighted by molar-refractivity contribution is 0.0578. The van der Waals surface area contributed by atoms with Gasteiger partial charge in [-0.15, -0.1) is 0 Å². The van der Waals surface area contributed by atoms with E-state index in [1.807, 2.05) is 0 Å². The second-order valence-electron chi connectivity index (χ2n) is 8.16. The number of nitrogens with one attached hydrogen (secondary N) is 1. The molecule has 0 saturated heterocycles. The molecule has 0 fully saturated rings. The van der Waals surface area contributed by atoms with Crippen LogP contribution in [0.15, 0.2) is 54.9 Å². The first-order valence-corrected chi connectivity index (χ1v) is 12.2. The number of ether oxygens (including phenoxy) is 3. The van der Waals surface area contributed by atoms with Crippen LogP contribution in [0.1, 0.15) is 47.5 Å². The van der Waals surface area contributed by atoms with Gasteiger partial charge in [-0.2, -0.15) is 10.2 Å².